The number of benzene rings is 3. The fourth-order valence-electron chi connectivity index (χ4n) is 4.52. The molecule has 0 saturated heterocycles. The third-order valence-corrected chi connectivity index (χ3v) is 8.47. The van der Waals surface area contributed by atoms with E-state index in [-0.39, 0.29) is 35.9 Å². The first-order chi connectivity index (χ1) is 20.1. The molecule has 1 aliphatic heterocycles. The molecule has 0 spiro atoms. The van der Waals surface area contributed by atoms with E-state index < -0.39 is 46.1 Å². The first-order valence-electron chi connectivity index (χ1n) is 13.6. The van der Waals surface area contributed by atoms with Gasteiger partial charge in [0.1, 0.15) is 37.4 Å². The fraction of sp³-hybridized carbons (Fsp3) is 0.333. The van der Waals surface area contributed by atoms with Crippen LogP contribution in [-0.4, -0.2) is 57.5 Å². The van der Waals surface area contributed by atoms with Gasteiger partial charge in [-0.3, -0.25) is 13.9 Å². The highest BCUT2D eigenvalue weighted by molar-refractivity contribution is 7.92. The van der Waals surface area contributed by atoms with Gasteiger partial charge in [-0.05, 0) is 66.9 Å². The summed E-state index contributed by atoms with van der Waals surface area (Å²) in [5, 5.41) is 2.80. The monoisotopic (exact) mass is 601 g/mol. The van der Waals surface area contributed by atoms with Crippen molar-refractivity contribution in [3.8, 4) is 11.5 Å². The van der Waals surface area contributed by atoms with Crippen LogP contribution in [0.1, 0.15) is 32.3 Å². The lowest BCUT2D eigenvalue weighted by Crippen LogP contribution is -2.52. The zero-order valence-corrected chi connectivity index (χ0v) is 24.2. The largest absolute Gasteiger partial charge is 0.486 e. The Morgan fingerprint density at radius 3 is 2.14 bits per heavy atom. The first kappa shape index (κ1) is 30.8. The Labute approximate surface area is 244 Å². The minimum atomic E-state index is -4.40. The van der Waals surface area contributed by atoms with Gasteiger partial charge in [0, 0.05) is 19.2 Å². The van der Waals surface area contributed by atoms with Crippen LogP contribution in [-0.2, 0) is 26.2 Å². The Morgan fingerprint density at radius 2 is 1.52 bits per heavy atom. The standard InChI is InChI=1S/C30H33F2N3O6S/c1-3-15-33-30(37)26(4-2)34(19-21-5-7-22(31)8-6-21)29(36)20-35(24-11-9-23(32)10-12-24)42(38,39)25-13-14-27-28(18-25)41-17-16-40-27/h5-14,18,26H,3-4,15-17,19-20H2,1-2H3,(H,33,37)/t26-/m1/s1. The van der Waals surface area contributed by atoms with E-state index in [9.17, 15) is 26.8 Å². The molecule has 2 amide bonds. The summed E-state index contributed by atoms with van der Waals surface area (Å²) in [7, 11) is -4.40. The summed E-state index contributed by atoms with van der Waals surface area (Å²) in [6.45, 7) is 3.83. The molecule has 3 aromatic rings. The molecule has 0 bridgehead atoms. The number of carbonyl (C=O) groups excluding carboxylic acids is 2. The number of carbonyl (C=O) groups is 2. The Kier molecular flexibility index (Phi) is 10.00. The second-order valence-electron chi connectivity index (χ2n) is 9.66. The van der Waals surface area contributed by atoms with Crippen molar-refractivity contribution in [2.75, 3.05) is 30.6 Å². The predicted octanol–water partition coefficient (Wildman–Crippen LogP) is 4.26. The summed E-state index contributed by atoms with van der Waals surface area (Å²) in [5.74, 6) is -1.49. The maximum atomic E-state index is 14.0. The number of hydrogen-bond donors (Lipinski definition) is 1. The Balaban J connectivity index is 1.73. The summed E-state index contributed by atoms with van der Waals surface area (Å²) < 4.78 is 67.4. The van der Waals surface area contributed by atoms with Crippen molar-refractivity contribution in [2.45, 2.75) is 44.2 Å². The third kappa shape index (κ3) is 7.17. The van der Waals surface area contributed by atoms with E-state index in [0.29, 0.717) is 30.9 Å². The number of nitrogens with zero attached hydrogens (tertiary/aromatic N) is 2. The number of rotatable bonds is 12. The van der Waals surface area contributed by atoms with Crippen LogP contribution in [0.4, 0.5) is 14.5 Å². The van der Waals surface area contributed by atoms with E-state index in [4.69, 9.17) is 9.47 Å². The second kappa shape index (κ2) is 13.6. The van der Waals surface area contributed by atoms with E-state index in [1.54, 1.807) is 6.92 Å². The van der Waals surface area contributed by atoms with Gasteiger partial charge in [-0.2, -0.15) is 0 Å². The van der Waals surface area contributed by atoms with Gasteiger partial charge in [-0.15, -0.1) is 0 Å². The predicted molar refractivity (Wildman–Crippen MR) is 153 cm³/mol. The molecule has 4 rings (SSSR count). The zero-order chi connectivity index (χ0) is 30.3. The van der Waals surface area contributed by atoms with Gasteiger partial charge in [-0.1, -0.05) is 26.0 Å². The Hall–Kier alpha value is -4.19. The number of halogens is 2. The topological polar surface area (TPSA) is 105 Å². The molecule has 0 aromatic heterocycles. The molecule has 1 aliphatic rings. The lowest BCUT2D eigenvalue weighted by Gasteiger charge is -2.33. The number of anilines is 1. The molecule has 9 nitrogen and oxygen atoms in total. The minimum Gasteiger partial charge on any atom is -0.486 e. The third-order valence-electron chi connectivity index (χ3n) is 6.70. The second-order valence-corrected chi connectivity index (χ2v) is 11.5. The van der Waals surface area contributed by atoms with Gasteiger partial charge in [0.05, 0.1) is 10.6 Å². The van der Waals surface area contributed by atoms with Crippen LogP contribution in [0.3, 0.4) is 0 Å². The highest BCUT2D eigenvalue weighted by atomic mass is 32.2. The van der Waals surface area contributed by atoms with Crippen molar-refractivity contribution >= 4 is 27.5 Å². The number of nitrogens with one attached hydrogen (secondary N) is 1. The lowest BCUT2D eigenvalue weighted by atomic mass is 10.1. The molecule has 12 heteroatoms. The molecule has 224 valence electrons. The molecular formula is C30H33F2N3O6S. The van der Waals surface area contributed by atoms with Crippen LogP contribution in [0.2, 0.25) is 0 Å². The lowest BCUT2D eigenvalue weighted by molar-refractivity contribution is -0.140. The summed E-state index contributed by atoms with van der Waals surface area (Å²) in [4.78, 5) is 28.2. The van der Waals surface area contributed by atoms with Crippen LogP contribution in [0, 0.1) is 11.6 Å². The molecule has 3 aromatic carbocycles. The number of ether oxygens (including phenoxy) is 2. The minimum absolute atomic E-state index is 0.0462. The fourth-order valence-corrected chi connectivity index (χ4v) is 5.95. The van der Waals surface area contributed by atoms with Crippen molar-refractivity contribution in [3.63, 3.8) is 0 Å². The van der Waals surface area contributed by atoms with E-state index in [1.807, 2.05) is 6.92 Å². The highest BCUT2D eigenvalue weighted by Gasteiger charge is 2.34. The summed E-state index contributed by atoms with van der Waals surface area (Å²) in [6, 6.07) is 13.4. The highest BCUT2D eigenvalue weighted by Crippen LogP contribution is 2.34. The number of fused-ring (bicyclic) bond motifs is 1. The molecule has 0 saturated carbocycles. The van der Waals surface area contributed by atoms with Gasteiger partial charge in [0.15, 0.2) is 11.5 Å². The number of amides is 2. The van der Waals surface area contributed by atoms with Crippen LogP contribution in [0.5, 0.6) is 11.5 Å². The molecule has 1 atom stereocenters. The van der Waals surface area contributed by atoms with Crippen LogP contribution >= 0.6 is 0 Å². The van der Waals surface area contributed by atoms with E-state index in [0.717, 1.165) is 16.4 Å². The van der Waals surface area contributed by atoms with Gasteiger partial charge in [-0.25, -0.2) is 17.2 Å². The summed E-state index contributed by atoms with van der Waals surface area (Å²) in [5.41, 5.74) is 0.597. The number of hydrogen-bond acceptors (Lipinski definition) is 6. The van der Waals surface area contributed by atoms with Gasteiger partial charge < -0.3 is 19.7 Å². The average molecular weight is 602 g/mol. The van der Waals surface area contributed by atoms with Crippen molar-refractivity contribution in [1.29, 1.82) is 0 Å². The van der Waals surface area contributed by atoms with Crippen LogP contribution < -0.4 is 19.1 Å². The van der Waals surface area contributed by atoms with Crippen LogP contribution in [0.15, 0.2) is 71.6 Å². The van der Waals surface area contributed by atoms with Crippen molar-refractivity contribution in [2.24, 2.45) is 0 Å². The van der Waals surface area contributed by atoms with Gasteiger partial charge in [0.25, 0.3) is 10.0 Å². The number of sulfonamides is 1. The maximum Gasteiger partial charge on any atom is 0.264 e. The van der Waals surface area contributed by atoms with E-state index >= 15 is 0 Å². The molecule has 0 radical (unpaired) electrons. The summed E-state index contributed by atoms with van der Waals surface area (Å²) >= 11 is 0. The normalized spacial score (nSPS) is 13.2. The molecule has 42 heavy (non-hydrogen) atoms. The average Bonchev–Trinajstić information content (AvgIpc) is 2.99. The SMILES string of the molecule is CCCNC(=O)[C@@H](CC)N(Cc1ccc(F)cc1)C(=O)CN(c1ccc(F)cc1)S(=O)(=O)c1ccc2c(c1)OCCO2. The first-order valence-corrected chi connectivity index (χ1v) is 15.1. The molecule has 0 fully saturated rings. The Bertz CT molecular complexity index is 1500. The van der Waals surface area contributed by atoms with Gasteiger partial charge >= 0.3 is 0 Å². The van der Waals surface area contributed by atoms with E-state index in [2.05, 4.69) is 5.32 Å². The molecular weight excluding hydrogens is 568 g/mol. The van der Waals surface area contributed by atoms with Crippen molar-refractivity contribution < 1.29 is 36.3 Å². The van der Waals surface area contributed by atoms with Gasteiger partial charge in [0.2, 0.25) is 11.8 Å². The van der Waals surface area contributed by atoms with Crippen molar-refractivity contribution in [3.05, 3.63) is 83.9 Å². The van der Waals surface area contributed by atoms with Crippen LogP contribution in [0.25, 0.3) is 0 Å². The molecule has 0 unspecified atom stereocenters. The van der Waals surface area contributed by atoms with Crippen molar-refractivity contribution in [1.82, 2.24) is 10.2 Å². The Morgan fingerprint density at radius 1 is 0.905 bits per heavy atom. The smallest absolute Gasteiger partial charge is 0.264 e. The molecule has 1 heterocycles. The molecule has 0 aliphatic carbocycles. The quantitative estimate of drug-likeness (QED) is 0.333. The zero-order valence-electron chi connectivity index (χ0n) is 23.4. The van der Waals surface area contributed by atoms with E-state index in [1.165, 1.54) is 59.5 Å². The molecule has 1 N–H and O–H groups in total. The summed E-state index contributed by atoms with van der Waals surface area (Å²) in [6.07, 6.45) is 0.925. The maximum absolute atomic E-state index is 14.0.